The molecule has 2 fully saturated rings. The number of benzene rings is 1. The molecule has 2 aliphatic heterocycles. The van der Waals surface area contributed by atoms with Gasteiger partial charge in [0.15, 0.2) is 0 Å². The molecule has 0 radical (unpaired) electrons. The van der Waals surface area contributed by atoms with Gasteiger partial charge in [-0.25, -0.2) is 8.78 Å². The van der Waals surface area contributed by atoms with Crippen LogP contribution < -0.4 is 5.32 Å². The van der Waals surface area contributed by atoms with Gasteiger partial charge in [0.05, 0.1) is 5.56 Å². The van der Waals surface area contributed by atoms with E-state index in [0.717, 1.165) is 57.0 Å². The summed E-state index contributed by atoms with van der Waals surface area (Å²) >= 11 is 0. The highest BCUT2D eigenvalue weighted by molar-refractivity contribution is 5.94. The molecular formula is C16H20F2N2O. The number of nitrogens with one attached hydrogen (secondary N) is 1. The topological polar surface area (TPSA) is 32.3 Å². The maximum absolute atomic E-state index is 13.7. The lowest BCUT2D eigenvalue weighted by molar-refractivity contribution is 0.0491. The van der Waals surface area contributed by atoms with Crippen molar-refractivity contribution in [2.75, 3.05) is 26.2 Å². The predicted octanol–water partition coefficient (Wildman–Crippen LogP) is 2.57. The van der Waals surface area contributed by atoms with Crippen molar-refractivity contribution in [3.8, 4) is 0 Å². The molecular weight excluding hydrogens is 274 g/mol. The summed E-state index contributed by atoms with van der Waals surface area (Å²) in [6, 6.07) is 3.04. The van der Waals surface area contributed by atoms with Crippen molar-refractivity contribution in [2.24, 2.45) is 5.41 Å². The Morgan fingerprint density at radius 2 is 1.76 bits per heavy atom. The minimum absolute atomic E-state index is 0.156. The number of halogens is 2. The molecule has 0 unspecified atom stereocenters. The van der Waals surface area contributed by atoms with E-state index in [4.69, 9.17) is 0 Å². The normalized spacial score (nSPS) is 21.5. The first kappa shape index (κ1) is 14.4. The monoisotopic (exact) mass is 294 g/mol. The molecule has 114 valence electrons. The maximum atomic E-state index is 13.7. The lowest BCUT2D eigenvalue weighted by Crippen LogP contribution is -2.47. The van der Waals surface area contributed by atoms with Gasteiger partial charge in [-0.2, -0.15) is 0 Å². The summed E-state index contributed by atoms with van der Waals surface area (Å²) < 4.78 is 26.9. The van der Waals surface area contributed by atoms with E-state index in [0.29, 0.717) is 18.5 Å². The number of rotatable bonds is 1. The van der Waals surface area contributed by atoms with Crippen LogP contribution in [0.1, 0.15) is 36.0 Å². The van der Waals surface area contributed by atoms with Crippen molar-refractivity contribution in [2.45, 2.75) is 25.7 Å². The maximum Gasteiger partial charge on any atom is 0.256 e. The molecule has 5 heteroatoms. The third-order valence-electron chi connectivity index (χ3n) is 4.93. The highest BCUT2D eigenvalue weighted by Crippen LogP contribution is 2.39. The second-order valence-corrected chi connectivity index (χ2v) is 6.17. The highest BCUT2D eigenvalue weighted by atomic mass is 19.1. The minimum Gasteiger partial charge on any atom is -0.339 e. The number of amides is 1. The van der Waals surface area contributed by atoms with E-state index in [2.05, 4.69) is 5.32 Å². The van der Waals surface area contributed by atoms with Gasteiger partial charge in [0.25, 0.3) is 5.91 Å². The van der Waals surface area contributed by atoms with Gasteiger partial charge < -0.3 is 10.2 Å². The van der Waals surface area contributed by atoms with E-state index in [1.807, 2.05) is 0 Å². The Morgan fingerprint density at radius 1 is 1.10 bits per heavy atom. The molecule has 0 aliphatic carbocycles. The Bertz CT molecular complexity index is 531. The molecule has 1 spiro atoms. The number of carbonyl (C=O) groups is 1. The van der Waals surface area contributed by atoms with E-state index in [9.17, 15) is 13.6 Å². The first-order valence-corrected chi connectivity index (χ1v) is 7.55. The number of carbonyl (C=O) groups excluding carboxylic acids is 1. The van der Waals surface area contributed by atoms with Crippen molar-refractivity contribution in [1.29, 1.82) is 0 Å². The standard InChI is InChI=1S/C16H20F2N2O/c17-12-1-2-14(18)13(11-12)15(21)20-9-5-16(6-10-20)3-7-19-8-4-16/h1-2,11,19H,3-10H2. The molecule has 2 aliphatic rings. The zero-order valence-corrected chi connectivity index (χ0v) is 12.0. The minimum atomic E-state index is -0.649. The highest BCUT2D eigenvalue weighted by Gasteiger charge is 2.37. The number of piperidine rings is 2. The Kier molecular flexibility index (Phi) is 3.93. The van der Waals surface area contributed by atoms with E-state index >= 15 is 0 Å². The Morgan fingerprint density at radius 3 is 2.43 bits per heavy atom. The lowest BCUT2D eigenvalue weighted by Gasteiger charge is -2.44. The average Bonchev–Trinajstić information content (AvgIpc) is 2.51. The second-order valence-electron chi connectivity index (χ2n) is 6.17. The third-order valence-corrected chi connectivity index (χ3v) is 4.93. The summed E-state index contributed by atoms with van der Waals surface area (Å²) in [5.41, 5.74) is 0.180. The van der Waals surface area contributed by atoms with Crippen LogP contribution in [0.15, 0.2) is 18.2 Å². The molecule has 21 heavy (non-hydrogen) atoms. The fourth-order valence-electron chi connectivity index (χ4n) is 3.47. The van der Waals surface area contributed by atoms with Crippen LogP contribution in [0.25, 0.3) is 0 Å². The number of likely N-dealkylation sites (tertiary alicyclic amines) is 1. The average molecular weight is 294 g/mol. The zero-order chi connectivity index (χ0) is 14.9. The van der Waals surface area contributed by atoms with Gasteiger partial charge >= 0.3 is 0 Å². The van der Waals surface area contributed by atoms with Crippen LogP contribution in [-0.4, -0.2) is 37.0 Å². The van der Waals surface area contributed by atoms with Crippen molar-refractivity contribution in [3.05, 3.63) is 35.4 Å². The van der Waals surface area contributed by atoms with Crippen molar-refractivity contribution >= 4 is 5.91 Å². The molecule has 1 aromatic rings. The van der Waals surface area contributed by atoms with Crippen LogP contribution in [0.2, 0.25) is 0 Å². The van der Waals surface area contributed by atoms with Gasteiger partial charge in [0.1, 0.15) is 11.6 Å². The summed E-state index contributed by atoms with van der Waals surface area (Å²) in [7, 11) is 0. The van der Waals surface area contributed by atoms with E-state index < -0.39 is 17.5 Å². The zero-order valence-electron chi connectivity index (χ0n) is 12.0. The summed E-state index contributed by atoms with van der Waals surface area (Å²) in [6.07, 6.45) is 4.20. The second kappa shape index (κ2) is 5.72. The smallest absolute Gasteiger partial charge is 0.256 e. The van der Waals surface area contributed by atoms with Gasteiger partial charge in [0, 0.05) is 13.1 Å². The molecule has 2 heterocycles. The van der Waals surface area contributed by atoms with E-state index in [-0.39, 0.29) is 5.56 Å². The first-order chi connectivity index (χ1) is 10.1. The third kappa shape index (κ3) is 2.93. The number of hydrogen-bond donors (Lipinski definition) is 1. The van der Waals surface area contributed by atoms with Crippen LogP contribution in [0.3, 0.4) is 0 Å². The quantitative estimate of drug-likeness (QED) is 0.863. The van der Waals surface area contributed by atoms with Crippen molar-refractivity contribution in [1.82, 2.24) is 10.2 Å². The molecule has 1 aromatic carbocycles. The van der Waals surface area contributed by atoms with Gasteiger partial charge in [-0.05, 0) is 62.4 Å². The summed E-state index contributed by atoms with van der Waals surface area (Å²) in [5, 5.41) is 3.36. The van der Waals surface area contributed by atoms with E-state index in [1.165, 1.54) is 0 Å². The van der Waals surface area contributed by atoms with Gasteiger partial charge in [-0.3, -0.25) is 4.79 Å². The van der Waals surface area contributed by atoms with Gasteiger partial charge in [-0.1, -0.05) is 0 Å². The fourth-order valence-corrected chi connectivity index (χ4v) is 3.47. The Labute approximate surface area is 123 Å². The molecule has 0 saturated carbocycles. The molecule has 0 bridgehead atoms. The molecule has 0 atom stereocenters. The molecule has 2 saturated heterocycles. The number of hydrogen-bond acceptors (Lipinski definition) is 2. The van der Waals surface area contributed by atoms with Gasteiger partial charge in [0.2, 0.25) is 0 Å². The first-order valence-electron chi connectivity index (χ1n) is 7.55. The van der Waals surface area contributed by atoms with Gasteiger partial charge in [-0.15, -0.1) is 0 Å². The Hall–Kier alpha value is -1.49. The van der Waals surface area contributed by atoms with Crippen LogP contribution >= 0.6 is 0 Å². The largest absolute Gasteiger partial charge is 0.339 e. The Balaban J connectivity index is 1.69. The summed E-state index contributed by atoms with van der Waals surface area (Å²) in [4.78, 5) is 14.0. The van der Waals surface area contributed by atoms with Crippen LogP contribution in [0.4, 0.5) is 8.78 Å². The number of nitrogens with zero attached hydrogens (tertiary/aromatic N) is 1. The van der Waals surface area contributed by atoms with Crippen molar-refractivity contribution in [3.63, 3.8) is 0 Å². The summed E-state index contributed by atoms with van der Waals surface area (Å²) in [6.45, 7) is 3.34. The molecule has 1 amide bonds. The van der Waals surface area contributed by atoms with Crippen LogP contribution in [-0.2, 0) is 0 Å². The fraction of sp³-hybridized carbons (Fsp3) is 0.562. The van der Waals surface area contributed by atoms with Crippen molar-refractivity contribution < 1.29 is 13.6 Å². The predicted molar refractivity (Wildman–Crippen MR) is 76.0 cm³/mol. The van der Waals surface area contributed by atoms with E-state index in [1.54, 1.807) is 4.90 Å². The summed E-state index contributed by atoms with van der Waals surface area (Å²) in [5.74, 6) is -1.62. The molecule has 1 N–H and O–H groups in total. The van der Waals surface area contributed by atoms with Crippen LogP contribution in [0, 0.1) is 17.0 Å². The molecule has 3 nitrogen and oxygen atoms in total. The SMILES string of the molecule is O=C(c1cc(F)ccc1F)N1CCC2(CCNCC2)CC1. The lowest BCUT2D eigenvalue weighted by atomic mass is 9.71. The van der Waals surface area contributed by atoms with Crippen LogP contribution in [0.5, 0.6) is 0 Å². The molecule has 3 rings (SSSR count). The molecule has 0 aromatic heterocycles.